The average molecular weight is 272 g/mol. The summed E-state index contributed by atoms with van der Waals surface area (Å²) in [5, 5.41) is 12.5. The summed E-state index contributed by atoms with van der Waals surface area (Å²) in [5.41, 5.74) is 0. The molecule has 0 aliphatic carbocycles. The normalized spacial score (nSPS) is 29.0. The van der Waals surface area contributed by atoms with Crippen molar-refractivity contribution in [3.05, 3.63) is 0 Å². The zero-order chi connectivity index (χ0) is 13.0. The molecule has 102 valence electrons. The van der Waals surface area contributed by atoms with Crippen LogP contribution in [0, 0.1) is 0 Å². The van der Waals surface area contributed by atoms with E-state index in [-0.39, 0.29) is 11.9 Å². The van der Waals surface area contributed by atoms with Crippen molar-refractivity contribution in [2.75, 3.05) is 24.6 Å². The van der Waals surface area contributed by atoms with Crippen LogP contribution in [0.5, 0.6) is 0 Å². The van der Waals surface area contributed by atoms with Crippen LogP contribution in [0.15, 0.2) is 0 Å². The number of thioether (sulfide) groups is 1. The number of hydrogen-bond donors (Lipinski definition) is 2. The Kier molecular flexibility index (Phi) is 4.88. The topological polar surface area (TPSA) is 69.6 Å². The van der Waals surface area contributed by atoms with E-state index in [0.29, 0.717) is 19.4 Å². The molecule has 0 saturated carbocycles. The molecule has 6 heteroatoms. The van der Waals surface area contributed by atoms with Crippen molar-refractivity contribution in [2.45, 2.75) is 37.8 Å². The molecule has 0 bridgehead atoms. The molecule has 2 saturated heterocycles. The van der Waals surface area contributed by atoms with E-state index in [9.17, 15) is 9.59 Å². The molecule has 0 spiro atoms. The lowest BCUT2D eigenvalue weighted by Gasteiger charge is -2.34. The first-order valence-electron chi connectivity index (χ1n) is 6.52. The highest BCUT2D eigenvalue weighted by atomic mass is 32.2. The van der Waals surface area contributed by atoms with Crippen LogP contribution in [0.4, 0.5) is 0 Å². The number of carboxylic acid groups (broad SMARTS) is 1. The van der Waals surface area contributed by atoms with Gasteiger partial charge in [-0.25, -0.2) is 4.79 Å². The highest BCUT2D eigenvalue weighted by Gasteiger charge is 2.32. The Hall–Kier alpha value is -0.750. The van der Waals surface area contributed by atoms with Crippen molar-refractivity contribution < 1.29 is 14.7 Å². The van der Waals surface area contributed by atoms with Crippen molar-refractivity contribution in [1.29, 1.82) is 0 Å². The van der Waals surface area contributed by atoms with Gasteiger partial charge in [-0.05, 0) is 19.3 Å². The number of piperidine rings is 1. The number of carbonyl (C=O) groups excluding carboxylic acids is 1. The van der Waals surface area contributed by atoms with Gasteiger partial charge >= 0.3 is 5.97 Å². The summed E-state index contributed by atoms with van der Waals surface area (Å²) in [7, 11) is 0. The number of amides is 1. The van der Waals surface area contributed by atoms with Crippen molar-refractivity contribution in [3.63, 3.8) is 0 Å². The van der Waals surface area contributed by atoms with Crippen molar-refractivity contribution in [2.24, 2.45) is 0 Å². The minimum absolute atomic E-state index is 0.0119. The van der Waals surface area contributed by atoms with E-state index in [2.05, 4.69) is 5.32 Å². The molecule has 2 rings (SSSR count). The van der Waals surface area contributed by atoms with Crippen LogP contribution >= 0.6 is 11.8 Å². The van der Waals surface area contributed by atoms with Crippen LogP contribution in [0.2, 0.25) is 0 Å². The molecule has 2 aliphatic rings. The number of hydrogen-bond acceptors (Lipinski definition) is 4. The number of rotatable bonds is 3. The first-order chi connectivity index (χ1) is 8.68. The third-order valence-electron chi connectivity index (χ3n) is 3.53. The van der Waals surface area contributed by atoms with Gasteiger partial charge < -0.3 is 15.3 Å². The molecule has 1 unspecified atom stereocenters. The second kappa shape index (κ2) is 6.43. The summed E-state index contributed by atoms with van der Waals surface area (Å²) in [4.78, 5) is 24.9. The Morgan fingerprint density at radius 3 is 2.89 bits per heavy atom. The van der Waals surface area contributed by atoms with Gasteiger partial charge in [-0.1, -0.05) is 0 Å². The molecular weight excluding hydrogens is 252 g/mol. The Labute approximate surface area is 111 Å². The molecular formula is C12H20N2O3S. The third kappa shape index (κ3) is 3.38. The van der Waals surface area contributed by atoms with E-state index in [1.165, 1.54) is 0 Å². The van der Waals surface area contributed by atoms with Gasteiger partial charge in [-0.2, -0.15) is 11.8 Å². The fourth-order valence-corrected chi connectivity index (χ4v) is 3.51. The number of carboxylic acids is 1. The average Bonchev–Trinajstić information content (AvgIpc) is 2.40. The van der Waals surface area contributed by atoms with E-state index in [1.54, 1.807) is 4.90 Å². The molecule has 0 aromatic carbocycles. The Morgan fingerprint density at radius 2 is 2.22 bits per heavy atom. The van der Waals surface area contributed by atoms with Gasteiger partial charge in [0.2, 0.25) is 5.91 Å². The zero-order valence-corrected chi connectivity index (χ0v) is 11.2. The first kappa shape index (κ1) is 13.7. The minimum atomic E-state index is -0.867. The molecule has 2 N–H and O–H groups in total. The van der Waals surface area contributed by atoms with Gasteiger partial charge in [-0.15, -0.1) is 0 Å². The van der Waals surface area contributed by atoms with Crippen LogP contribution in [-0.2, 0) is 9.59 Å². The number of nitrogens with one attached hydrogen (secondary N) is 1. The fraction of sp³-hybridized carbons (Fsp3) is 0.833. The maximum atomic E-state index is 12.2. The second-order valence-corrected chi connectivity index (χ2v) is 6.02. The van der Waals surface area contributed by atoms with E-state index < -0.39 is 12.0 Å². The summed E-state index contributed by atoms with van der Waals surface area (Å²) in [5.74, 6) is 1.15. The zero-order valence-electron chi connectivity index (χ0n) is 10.4. The maximum absolute atomic E-state index is 12.2. The van der Waals surface area contributed by atoms with Gasteiger partial charge in [0, 0.05) is 37.1 Å². The van der Waals surface area contributed by atoms with Crippen LogP contribution < -0.4 is 5.32 Å². The Balaban J connectivity index is 1.91. The van der Waals surface area contributed by atoms with Crippen molar-refractivity contribution in [3.8, 4) is 0 Å². The van der Waals surface area contributed by atoms with Gasteiger partial charge in [0.05, 0.1) is 0 Å². The quantitative estimate of drug-likeness (QED) is 0.785. The molecule has 2 atom stereocenters. The minimum Gasteiger partial charge on any atom is -0.480 e. The lowest BCUT2D eigenvalue weighted by Crippen LogP contribution is -2.50. The summed E-state index contributed by atoms with van der Waals surface area (Å²) in [6.07, 6.45) is 2.84. The number of carbonyl (C=O) groups is 2. The number of aliphatic carboxylic acids is 1. The lowest BCUT2D eigenvalue weighted by atomic mass is 10.0. The third-order valence-corrected chi connectivity index (χ3v) is 4.66. The maximum Gasteiger partial charge on any atom is 0.326 e. The second-order valence-electron chi connectivity index (χ2n) is 4.87. The van der Waals surface area contributed by atoms with E-state index in [0.717, 1.165) is 30.9 Å². The SMILES string of the molecule is O=C(O)[C@@H]1CCCCN1C(=O)CC1CSCCN1. The highest BCUT2D eigenvalue weighted by molar-refractivity contribution is 7.99. The van der Waals surface area contributed by atoms with E-state index >= 15 is 0 Å². The molecule has 18 heavy (non-hydrogen) atoms. The number of likely N-dealkylation sites (tertiary alicyclic amines) is 1. The summed E-state index contributed by atoms with van der Waals surface area (Å²) >= 11 is 1.85. The molecule has 5 nitrogen and oxygen atoms in total. The van der Waals surface area contributed by atoms with Crippen molar-refractivity contribution >= 4 is 23.6 Å². The first-order valence-corrected chi connectivity index (χ1v) is 7.67. The smallest absolute Gasteiger partial charge is 0.326 e. The predicted molar refractivity (Wildman–Crippen MR) is 70.7 cm³/mol. The van der Waals surface area contributed by atoms with Gasteiger partial charge in [0.25, 0.3) is 0 Å². The summed E-state index contributed by atoms with van der Waals surface area (Å²) in [6, 6.07) is -0.407. The van der Waals surface area contributed by atoms with Gasteiger partial charge in [-0.3, -0.25) is 4.79 Å². The standard InChI is InChI=1S/C12H20N2O3S/c15-11(7-9-8-18-6-4-13-9)14-5-2-1-3-10(14)12(16)17/h9-10,13H,1-8H2,(H,16,17)/t9?,10-/m0/s1. The van der Waals surface area contributed by atoms with Crippen molar-refractivity contribution in [1.82, 2.24) is 10.2 Å². The van der Waals surface area contributed by atoms with E-state index in [4.69, 9.17) is 5.11 Å². The van der Waals surface area contributed by atoms with Crippen LogP contribution in [0.1, 0.15) is 25.7 Å². The lowest BCUT2D eigenvalue weighted by molar-refractivity contribution is -0.152. The van der Waals surface area contributed by atoms with Gasteiger partial charge in [0.1, 0.15) is 6.04 Å². The van der Waals surface area contributed by atoms with E-state index in [1.807, 2.05) is 11.8 Å². The molecule has 0 radical (unpaired) electrons. The van der Waals surface area contributed by atoms with Crippen LogP contribution in [0.25, 0.3) is 0 Å². The van der Waals surface area contributed by atoms with Gasteiger partial charge in [0.15, 0.2) is 0 Å². The predicted octanol–water partition coefficient (Wildman–Crippen LogP) is 0.547. The molecule has 2 fully saturated rings. The number of nitrogens with zero attached hydrogens (tertiary/aromatic N) is 1. The molecule has 0 aromatic heterocycles. The molecule has 2 heterocycles. The highest BCUT2D eigenvalue weighted by Crippen LogP contribution is 2.20. The molecule has 2 aliphatic heterocycles. The fourth-order valence-electron chi connectivity index (χ4n) is 2.57. The van der Waals surface area contributed by atoms with Crippen LogP contribution in [-0.4, -0.2) is 58.6 Å². The molecule has 0 aromatic rings. The Morgan fingerprint density at radius 1 is 1.39 bits per heavy atom. The monoisotopic (exact) mass is 272 g/mol. The summed E-state index contributed by atoms with van der Waals surface area (Å²) < 4.78 is 0. The Bertz CT molecular complexity index is 318. The largest absolute Gasteiger partial charge is 0.480 e. The molecule has 1 amide bonds. The summed E-state index contributed by atoms with van der Waals surface area (Å²) in [6.45, 7) is 1.53. The van der Waals surface area contributed by atoms with Crippen LogP contribution in [0.3, 0.4) is 0 Å².